The summed E-state index contributed by atoms with van der Waals surface area (Å²) >= 11 is 0. The molecule has 0 atom stereocenters. The van der Waals surface area contributed by atoms with Gasteiger partial charge in [0.05, 0.1) is 0 Å². The Bertz CT molecular complexity index is 636. The van der Waals surface area contributed by atoms with E-state index in [1.165, 1.54) is 165 Å². The highest BCUT2D eigenvalue weighted by atomic mass is 16.7. The minimum atomic E-state index is -1.15. The lowest BCUT2D eigenvalue weighted by Gasteiger charge is -2.12. The molecule has 1 aliphatic rings. The maximum atomic E-state index is 9.77. The average molecular weight is 529 g/mol. The Kier molecular flexibility index (Phi) is 19.7. The Morgan fingerprint density at radius 2 is 0.711 bits per heavy atom. The third-order valence-corrected chi connectivity index (χ3v) is 8.32. The molecule has 1 aromatic carbocycles. The van der Waals surface area contributed by atoms with Crippen LogP contribution in [0, 0.1) is 0 Å². The summed E-state index contributed by atoms with van der Waals surface area (Å²) in [5, 5.41) is 9.77. The molecule has 0 radical (unpaired) electrons. The molecule has 3 nitrogen and oxygen atoms in total. The second-order valence-corrected chi connectivity index (χ2v) is 11.9. The smallest absolute Gasteiger partial charge is 0.498 e. The maximum Gasteiger partial charge on any atom is 0.785 e. The van der Waals surface area contributed by atoms with Gasteiger partial charge in [0, 0.05) is 0 Å². The van der Waals surface area contributed by atoms with Gasteiger partial charge in [0.15, 0.2) is 0 Å². The lowest BCUT2D eigenvalue weighted by atomic mass is 9.95. The number of benzene rings is 1. The van der Waals surface area contributed by atoms with Gasteiger partial charge in [-0.15, -0.1) is 0 Å². The summed E-state index contributed by atoms with van der Waals surface area (Å²) in [5.74, 6) is 1.43. The molecule has 1 aliphatic heterocycles. The van der Waals surface area contributed by atoms with E-state index in [9.17, 15) is 5.02 Å². The van der Waals surface area contributed by atoms with Crippen molar-refractivity contribution in [1.29, 1.82) is 0 Å². The average Bonchev–Trinajstić information content (AvgIpc) is 3.28. The quantitative estimate of drug-likeness (QED) is 0.0960. The first-order valence-electron chi connectivity index (χ1n) is 16.9. The molecule has 0 aromatic heterocycles. The molecule has 4 heteroatoms. The van der Waals surface area contributed by atoms with Crippen molar-refractivity contribution in [1.82, 2.24) is 0 Å². The lowest BCUT2D eigenvalue weighted by molar-refractivity contribution is 0.342. The number of aryl methyl sites for hydroxylation is 2. The van der Waals surface area contributed by atoms with Crippen LogP contribution in [-0.4, -0.2) is 12.3 Å². The van der Waals surface area contributed by atoms with Gasteiger partial charge in [-0.2, -0.15) is 0 Å². The first-order chi connectivity index (χ1) is 18.7. The van der Waals surface area contributed by atoms with E-state index < -0.39 is 7.32 Å². The second kappa shape index (κ2) is 22.6. The van der Waals surface area contributed by atoms with E-state index in [-0.39, 0.29) is 0 Å². The van der Waals surface area contributed by atoms with Gasteiger partial charge >= 0.3 is 7.32 Å². The van der Waals surface area contributed by atoms with Crippen molar-refractivity contribution in [3.8, 4) is 11.5 Å². The predicted octanol–water partition coefficient (Wildman–Crippen LogP) is 10.9. The van der Waals surface area contributed by atoms with Crippen LogP contribution < -0.4 is 9.31 Å². The number of hydrogen-bond donors (Lipinski definition) is 1. The molecule has 0 unspecified atom stereocenters. The fourth-order valence-corrected chi connectivity index (χ4v) is 5.85. The summed E-state index contributed by atoms with van der Waals surface area (Å²) in [6.45, 7) is 4.58. The van der Waals surface area contributed by atoms with E-state index in [4.69, 9.17) is 9.31 Å². The van der Waals surface area contributed by atoms with Crippen molar-refractivity contribution in [3.05, 3.63) is 23.3 Å². The molecule has 0 aliphatic carbocycles. The van der Waals surface area contributed by atoms with Gasteiger partial charge in [-0.25, -0.2) is 0 Å². The molecule has 2 rings (SSSR count). The molecule has 0 saturated heterocycles. The zero-order chi connectivity index (χ0) is 27.1. The number of unbranched alkanes of at least 4 members (excludes halogenated alkanes) is 22. The van der Waals surface area contributed by atoms with Gasteiger partial charge in [0.1, 0.15) is 11.5 Å². The van der Waals surface area contributed by atoms with E-state index in [1.807, 2.05) is 0 Å². The Morgan fingerprint density at radius 1 is 0.447 bits per heavy atom. The molecule has 0 fully saturated rings. The molecule has 0 saturated carbocycles. The van der Waals surface area contributed by atoms with E-state index in [0.717, 1.165) is 12.8 Å². The van der Waals surface area contributed by atoms with Gasteiger partial charge in [-0.3, -0.25) is 0 Å². The van der Waals surface area contributed by atoms with Crippen LogP contribution in [0.1, 0.15) is 179 Å². The largest absolute Gasteiger partial charge is 0.785 e. The zero-order valence-corrected chi connectivity index (χ0v) is 25.4. The van der Waals surface area contributed by atoms with Crippen LogP contribution in [0.3, 0.4) is 0 Å². The highest BCUT2D eigenvalue weighted by Gasteiger charge is 2.32. The Labute approximate surface area is 237 Å². The maximum absolute atomic E-state index is 9.77. The third-order valence-electron chi connectivity index (χ3n) is 8.32. The van der Waals surface area contributed by atoms with Crippen molar-refractivity contribution in [3.63, 3.8) is 0 Å². The lowest BCUT2D eigenvalue weighted by Crippen LogP contribution is -2.23. The topological polar surface area (TPSA) is 38.7 Å². The van der Waals surface area contributed by atoms with Gasteiger partial charge in [0.25, 0.3) is 0 Å². The van der Waals surface area contributed by atoms with Crippen LogP contribution >= 0.6 is 0 Å². The van der Waals surface area contributed by atoms with E-state index in [1.54, 1.807) is 0 Å². The Balaban J connectivity index is 1.58. The van der Waals surface area contributed by atoms with Crippen molar-refractivity contribution in [2.45, 2.75) is 181 Å². The molecule has 1 heterocycles. The summed E-state index contributed by atoms with van der Waals surface area (Å²) in [6, 6.07) is 4.28. The van der Waals surface area contributed by atoms with Crippen LogP contribution in [0.15, 0.2) is 12.1 Å². The van der Waals surface area contributed by atoms with Gasteiger partial charge in [-0.1, -0.05) is 155 Å². The molecule has 1 aromatic rings. The van der Waals surface area contributed by atoms with Crippen molar-refractivity contribution >= 4 is 7.32 Å². The summed E-state index contributed by atoms with van der Waals surface area (Å²) < 4.78 is 10.9. The highest BCUT2D eigenvalue weighted by Crippen LogP contribution is 2.37. The molecular weight excluding hydrogens is 467 g/mol. The number of hydrogen-bond acceptors (Lipinski definition) is 3. The molecule has 1 N–H and O–H groups in total. The summed E-state index contributed by atoms with van der Waals surface area (Å²) in [7, 11) is -1.15. The summed E-state index contributed by atoms with van der Waals surface area (Å²) in [5.41, 5.74) is 2.80. The molecule has 38 heavy (non-hydrogen) atoms. The van der Waals surface area contributed by atoms with Crippen LogP contribution in [0.4, 0.5) is 0 Å². The van der Waals surface area contributed by atoms with Gasteiger partial charge in [-0.05, 0) is 48.9 Å². The van der Waals surface area contributed by atoms with Crippen LogP contribution in [-0.2, 0) is 12.8 Å². The standard InChI is InChI=1S/C34H61BO3/c1-3-5-7-9-11-13-15-17-19-21-23-25-27-31-29-33-34(38-35(36)37-33)30-32(31)28-26-24-22-20-18-16-14-12-10-8-6-4-2/h29-30,36H,3-28H2,1-2H3. The molecule has 0 amide bonds. The van der Waals surface area contributed by atoms with Gasteiger partial charge in [0.2, 0.25) is 0 Å². The van der Waals surface area contributed by atoms with Crippen LogP contribution in [0.5, 0.6) is 11.5 Å². The Hall–Kier alpha value is -1.16. The minimum Gasteiger partial charge on any atom is -0.498 e. The summed E-state index contributed by atoms with van der Waals surface area (Å²) in [4.78, 5) is 0. The second-order valence-electron chi connectivity index (χ2n) is 11.9. The first kappa shape index (κ1) is 33.1. The first-order valence-corrected chi connectivity index (χ1v) is 16.9. The predicted molar refractivity (Wildman–Crippen MR) is 165 cm³/mol. The minimum absolute atomic E-state index is 0.713. The molecule has 0 spiro atoms. The van der Waals surface area contributed by atoms with Gasteiger partial charge < -0.3 is 14.3 Å². The van der Waals surface area contributed by atoms with E-state index in [2.05, 4.69) is 26.0 Å². The highest BCUT2D eigenvalue weighted by molar-refractivity contribution is 6.38. The molecular formula is C34H61BO3. The van der Waals surface area contributed by atoms with Crippen molar-refractivity contribution in [2.75, 3.05) is 0 Å². The SMILES string of the molecule is CCCCCCCCCCCCCCc1cc2c(cc1CCCCCCCCCCCCCC)OB(O)O2. The molecule has 0 bridgehead atoms. The zero-order valence-electron chi connectivity index (χ0n) is 25.4. The number of fused-ring (bicyclic) bond motifs is 1. The van der Waals surface area contributed by atoms with E-state index >= 15 is 0 Å². The normalized spacial score (nSPS) is 12.6. The third kappa shape index (κ3) is 15.4. The number of rotatable bonds is 26. The summed E-state index contributed by atoms with van der Waals surface area (Å²) in [6.07, 6.45) is 35.4. The fraction of sp³-hybridized carbons (Fsp3) is 0.824. The fourth-order valence-electron chi connectivity index (χ4n) is 5.85. The Morgan fingerprint density at radius 3 is 1.00 bits per heavy atom. The van der Waals surface area contributed by atoms with Crippen LogP contribution in [0.2, 0.25) is 0 Å². The van der Waals surface area contributed by atoms with Crippen molar-refractivity contribution in [2.24, 2.45) is 0 Å². The van der Waals surface area contributed by atoms with E-state index in [0.29, 0.717) is 11.5 Å². The monoisotopic (exact) mass is 528 g/mol. The molecule has 218 valence electrons. The van der Waals surface area contributed by atoms with Crippen LogP contribution in [0.25, 0.3) is 0 Å². The van der Waals surface area contributed by atoms with Crippen molar-refractivity contribution < 1.29 is 14.3 Å².